The molecule has 1 atom stereocenters. The zero-order chi connectivity index (χ0) is 17.5. The molecule has 1 aromatic carbocycles. The minimum atomic E-state index is -0.929. The molecule has 24 heavy (non-hydrogen) atoms. The highest BCUT2D eigenvalue weighted by Crippen LogP contribution is 2.27. The molecule has 0 bridgehead atoms. The van der Waals surface area contributed by atoms with Gasteiger partial charge in [0, 0.05) is 38.9 Å². The van der Waals surface area contributed by atoms with Crippen LogP contribution < -0.4 is 5.32 Å². The van der Waals surface area contributed by atoms with Gasteiger partial charge in [-0.1, -0.05) is 12.1 Å². The SMILES string of the molecule is CC(=O)NCCCC(=O)N1CCC[C@@H](c2ccc(C(=O)O)cc2)C1. The molecule has 0 saturated carbocycles. The Balaban J connectivity index is 1.87. The number of amides is 2. The Morgan fingerprint density at radius 3 is 2.58 bits per heavy atom. The summed E-state index contributed by atoms with van der Waals surface area (Å²) < 4.78 is 0. The van der Waals surface area contributed by atoms with Crippen LogP contribution in [0.2, 0.25) is 0 Å². The Hall–Kier alpha value is -2.37. The molecule has 6 heteroatoms. The molecule has 1 aromatic rings. The molecule has 0 aliphatic carbocycles. The molecule has 1 saturated heterocycles. The Morgan fingerprint density at radius 2 is 1.96 bits per heavy atom. The minimum absolute atomic E-state index is 0.0784. The molecule has 0 spiro atoms. The Labute approximate surface area is 141 Å². The van der Waals surface area contributed by atoms with Crippen LogP contribution in [-0.2, 0) is 9.59 Å². The van der Waals surface area contributed by atoms with E-state index < -0.39 is 5.97 Å². The van der Waals surface area contributed by atoms with Crippen molar-refractivity contribution in [2.24, 2.45) is 0 Å². The predicted molar refractivity (Wildman–Crippen MR) is 89.9 cm³/mol. The average Bonchev–Trinajstić information content (AvgIpc) is 2.58. The van der Waals surface area contributed by atoms with Crippen LogP contribution in [0.3, 0.4) is 0 Å². The summed E-state index contributed by atoms with van der Waals surface area (Å²) in [6, 6.07) is 6.93. The molecule has 1 fully saturated rings. The van der Waals surface area contributed by atoms with Gasteiger partial charge in [-0.05, 0) is 37.0 Å². The van der Waals surface area contributed by atoms with E-state index in [-0.39, 0.29) is 23.3 Å². The standard InChI is InChI=1S/C18H24N2O4/c1-13(21)19-10-2-5-17(22)20-11-3-4-16(12-20)14-6-8-15(9-7-14)18(23)24/h6-9,16H,2-5,10-12H2,1H3,(H,19,21)(H,23,24)/t16-/m1/s1. The lowest BCUT2D eigenvalue weighted by Gasteiger charge is -2.33. The first kappa shape index (κ1) is 18.0. The fraction of sp³-hybridized carbons (Fsp3) is 0.500. The molecule has 1 heterocycles. The van der Waals surface area contributed by atoms with Crippen molar-refractivity contribution in [1.82, 2.24) is 10.2 Å². The summed E-state index contributed by atoms with van der Waals surface area (Å²) in [5.74, 6) is -0.639. The van der Waals surface area contributed by atoms with E-state index in [0.717, 1.165) is 24.9 Å². The largest absolute Gasteiger partial charge is 0.478 e. The van der Waals surface area contributed by atoms with E-state index in [1.54, 1.807) is 12.1 Å². The lowest BCUT2D eigenvalue weighted by molar-refractivity contribution is -0.132. The van der Waals surface area contributed by atoms with Gasteiger partial charge in [-0.3, -0.25) is 9.59 Å². The summed E-state index contributed by atoms with van der Waals surface area (Å²) in [6.45, 7) is 3.43. The molecule has 0 aromatic heterocycles. The molecule has 130 valence electrons. The third-order valence-corrected chi connectivity index (χ3v) is 4.34. The Bertz CT molecular complexity index is 598. The zero-order valence-corrected chi connectivity index (χ0v) is 14.0. The molecular weight excluding hydrogens is 308 g/mol. The number of piperidine rings is 1. The number of carboxylic acids is 1. The number of nitrogens with zero attached hydrogens (tertiary/aromatic N) is 1. The highest BCUT2D eigenvalue weighted by atomic mass is 16.4. The highest BCUT2D eigenvalue weighted by Gasteiger charge is 2.24. The summed E-state index contributed by atoms with van der Waals surface area (Å²) in [6.07, 6.45) is 3.03. The van der Waals surface area contributed by atoms with E-state index >= 15 is 0 Å². The van der Waals surface area contributed by atoms with Crippen LogP contribution in [0.25, 0.3) is 0 Å². The van der Waals surface area contributed by atoms with Crippen molar-refractivity contribution in [3.8, 4) is 0 Å². The van der Waals surface area contributed by atoms with E-state index in [1.807, 2.05) is 17.0 Å². The van der Waals surface area contributed by atoms with Crippen LogP contribution in [0, 0.1) is 0 Å². The van der Waals surface area contributed by atoms with Gasteiger partial charge < -0.3 is 15.3 Å². The summed E-state index contributed by atoms with van der Waals surface area (Å²) in [5.41, 5.74) is 1.36. The van der Waals surface area contributed by atoms with Crippen LogP contribution >= 0.6 is 0 Å². The van der Waals surface area contributed by atoms with Gasteiger partial charge in [0.1, 0.15) is 0 Å². The molecular formula is C18H24N2O4. The molecule has 2 amide bonds. The van der Waals surface area contributed by atoms with Crippen molar-refractivity contribution >= 4 is 17.8 Å². The third kappa shape index (κ3) is 5.08. The van der Waals surface area contributed by atoms with Crippen molar-refractivity contribution in [1.29, 1.82) is 0 Å². The summed E-state index contributed by atoms with van der Waals surface area (Å²) in [4.78, 5) is 35.9. The van der Waals surface area contributed by atoms with Gasteiger partial charge in [-0.25, -0.2) is 4.79 Å². The number of aromatic carboxylic acids is 1. The fourth-order valence-corrected chi connectivity index (χ4v) is 3.04. The second-order valence-electron chi connectivity index (χ2n) is 6.19. The second-order valence-corrected chi connectivity index (χ2v) is 6.19. The number of carboxylic acid groups (broad SMARTS) is 1. The van der Waals surface area contributed by atoms with Gasteiger partial charge >= 0.3 is 5.97 Å². The van der Waals surface area contributed by atoms with E-state index in [0.29, 0.717) is 25.9 Å². The molecule has 1 aliphatic heterocycles. The molecule has 2 rings (SSSR count). The van der Waals surface area contributed by atoms with Gasteiger partial charge in [-0.15, -0.1) is 0 Å². The van der Waals surface area contributed by atoms with Gasteiger partial charge in [0.15, 0.2) is 0 Å². The van der Waals surface area contributed by atoms with Crippen molar-refractivity contribution in [3.05, 3.63) is 35.4 Å². The summed E-state index contributed by atoms with van der Waals surface area (Å²) in [5, 5.41) is 11.7. The predicted octanol–water partition coefficient (Wildman–Crippen LogP) is 2.01. The van der Waals surface area contributed by atoms with Crippen LogP contribution in [0.15, 0.2) is 24.3 Å². The van der Waals surface area contributed by atoms with Gasteiger partial charge in [0.2, 0.25) is 11.8 Å². The Kier molecular flexibility index (Phi) is 6.35. The quantitative estimate of drug-likeness (QED) is 0.780. The normalized spacial score (nSPS) is 17.4. The first-order valence-electron chi connectivity index (χ1n) is 8.33. The lowest BCUT2D eigenvalue weighted by Crippen LogP contribution is -2.39. The average molecular weight is 332 g/mol. The summed E-state index contributed by atoms with van der Waals surface area (Å²) >= 11 is 0. The fourth-order valence-electron chi connectivity index (χ4n) is 3.04. The third-order valence-electron chi connectivity index (χ3n) is 4.34. The van der Waals surface area contributed by atoms with Gasteiger partial charge in [0.25, 0.3) is 0 Å². The molecule has 2 N–H and O–H groups in total. The van der Waals surface area contributed by atoms with E-state index in [4.69, 9.17) is 5.11 Å². The van der Waals surface area contributed by atoms with E-state index in [2.05, 4.69) is 5.32 Å². The van der Waals surface area contributed by atoms with Crippen LogP contribution in [-0.4, -0.2) is 47.4 Å². The second kappa shape index (κ2) is 8.47. The van der Waals surface area contributed by atoms with Crippen molar-refractivity contribution in [2.75, 3.05) is 19.6 Å². The van der Waals surface area contributed by atoms with Crippen LogP contribution in [0.4, 0.5) is 0 Å². The smallest absolute Gasteiger partial charge is 0.335 e. The number of likely N-dealkylation sites (tertiary alicyclic amines) is 1. The molecule has 1 aliphatic rings. The first-order chi connectivity index (χ1) is 11.5. The number of nitrogens with one attached hydrogen (secondary N) is 1. The van der Waals surface area contributed by atoms with Crippen molar-refractivity contribution in [2.45, 2.75) is 38.5 Å². The zero-order valence-electron chi connectivity index (χ0n) is 14.0. The maximum atomic E-state index is 12.3. The van der Waals surface area contributed by atoms with Crippen molar-refractivity contribution in [3.63, 3.8) is 0 Å². The number of rotatable bonds is 6. The van der Waals surface area contributed by atoms with Crippen LogP contribution in [0.5, 0.6) is 0 Å². The molecule has 0 radical (unpaired) electrons. The highest BCUT2D eigenvalue weighted by molar-refractivity contribution is 5.87. The number of carbonyl (C=O) groups excluding carboxylic acids is 2. The number of hydrogen-bond donors (Lipinski definition) is 2. The molecule has 6 nitrogen and oxygen atoms in total. The topological polar surface area (TPSA) is 86.7 Å². The number of benzene rings is 1. The monoisotopic (exact) mass is 332 g/mol. The summed E-state index contributed by atoms with van der Waals surface area (Å²) in [7, 11) is 0. The Morgan fingerprint density at radius 1 is 1.25 bits per heavy atom. The van der Waals surface area contributed by atoms with Crippen LogP contribution in [0.1, 0.15) is 54.4 Å². The van der Waals surface area contributed by atoms with E-state index in [1.165, 1.54) is 6.92 Å². The maximum Gasteiger partial charge on any atom is 0.335 e. The van der Waals surface area contributed by atoms with Gasteiger partial charge in [-0.2, -0.15) is 0 Å². The van der Waals surface area contributed by atoms with Gasteiger partial charge in [0.05, 0.1) is 5.56 Å². The molecule has 0 unspecified atom stereocenters. The number of hydrogen-bond acceptors (Lipinski definition) is 3. The minimum Gasteiger partial charge on any atom is -0.478 e. The lowest BCUT2D eigenvalue weighted by atomic mass is 9.90. The maximum absolute atomic E-state index is 12.3. The number of carbonyl (C=O) groups is 3. The van der Waals surface area contributed by atoms with Crippen molar-refractivity contribution < 1.29 is 19.5 Å². The van der Waals surface area contributed by atoms with E-state index in [9.17, 15) is 14.4 Å². The first-order valence-corrected chi connectivity index (χ1v) is 8.33.